The molecule has 1 fully saturated rings. The lowest BCUT2D eigenvalue weighted by molar-refractivity contribution is -0.132. The zero-order valence-electron chi connectivity index (χ0n) is 13.1. The van der Waals surface area contributed by atoms with Crippen molar-refractivity contribution in [1.29, 1.82) is 0 Å². The number of aryl methyl sites for hydroxylation is 2. The smallest absolute Gasteiger partial charge is 0.224 e. The molecule has 1 saturated heterocycles. The average molecular weight is 337 g/mol. The minimum atomic E-state index is -0.0788. The van der Waals surface area contributed by atoms with Crippen molar-refractivity contribution in [2.75, 3.05) is 6.54 Å². The van der Waals surface area contributed by atoms with Gasteiger partial charge in [0.15, 0.2) is 0 Å². The normalized spacial score (nSPS) is 18.9. The first-order valence-corrected chi connectivity index (χ1v) is 6.97. The van der Waals surface area contributed by atoms with Crippen molar-refractivity contribution in [2.24, 2.45) is 12.8 Å². The molecule has 1 aromatic heterocycles. The van der Waals surface area contributed by atoms with Crippen LogP contribution in [0.5, 0.6) is 0 Å². The van der Waals surface area contributed by atoms with Crippen molar-refractivity contribution in [2.45, 2.75) is 52.1 Å². The minimum Gasteiger partial charge on any atom is -0.335 e. The molecule has 2 heterocycles. The fourth-order valence-electron chi connectivity index (χ4n) is 3.03. The van der Waals surface area contributed by atoms with E-state index in [0.717, 1.165) is 30.8 Å². The number of nitrogens with zero attached hydrogens (tertiary/aromatic N) is 3. The third-order valence-corrected chi connectivity index (χ3v) is 3.97. The van der Waals surface area contributed by atoms with E-state index in [9.17, 15) is 4.79 Å². The van der Waals surface area contributed by atoms with E-state index in [-0.39, 0.29) is 42.8 Å². The molecule has 1 aliphatic rings. The molecule has 0 radical (unpaired) electrons. The van der Waals surface area contributed by atoms with Crippen molar-refractivity contribution in [3.8, 4) is 0 Å². The van der Waals surface area contributed by atoms with Gasteiger partial charge in [0.25, 0.3) is 0 Å². The summed E-state index contributed by atoms with van der Waals surface area (Å²) in [4.78, 5) is 14.3. The lowest BCUT2D eigenvalue weighted by atomic mass is 10.0. The van der Waals surface area contributed by atoms with Crippen LogP contribution in [0.15, 0.2) is 0 Å². The molecular weight excluding hydrogens is 311 g/mol. The summed E-state index contributed by atoms with van der Waals surface area (Å²) in [6.07, 6.45) is 2.51. The summed E-state index contributed by atoms with van der Waals surface area (Å²) in [6.45, 7) is 6.81. The van der Waals surface area contributed by atoms with E-state index in [1.165, 1.54) is 5.56 Å². The van der Waals surface area contributed by atoms with Crippen molar-refractivity contribution in [3.05, 3.63) is 17.0 Å². The molecule has 0 bridgehead atoms. The Morgan fingerprint density at radius 3 is 2.52 bits per heavy atom. The van der Waals surface area contributed by atoms with E-state index in [1.54, 1.807) is 0 Å². The first-order chi connectivity index (χ1) is 8.91. The number of nitrogens with two attached hydrogens (primary N) is 1. The molecule has 2 atom stereocenters. The van der Waals surface area contributed by atoms with Crippen LogP contribution in [0.1, 0.15) is 49.2 Å². The molecule has 5 nitrogen and oxygen atoms in total. The predicted octanol–water partition coefficient (Wildman–Crippen LogP) is 2.28. The zero-order valence-corrected chi connectivity index (χ0v) is 14.8. The number of hydrogen-bond acceptors (Lipinski definition) is 3. The van der Waals surface area contributed by atoms with Gasteiger partial charge in [0.1, 0.15) is 0 Å². The average Bonchev–Trinajstić information content (AvgIpc) is 2.84. The Morgan fingerprint density at radius 2 is 2.05 bits per heavy atom. The molecule has 1 aromatic rings. The van der Waals surface area contributed by atoms with E-state index in [4.69, 9.17) is 5.73 Å². The number of amides is 1. The largest absolute Gasteiger partial charge is 0.335 e. The second-order valence-corrected chi connectivity index (χ2v) is 5.63. The molecule has 1 aliphatic heterocycles. The van der Waals surface area contributed by atoms with Crippen LogP contribution in [0.4, 0.5) is 0 Å². The lowest BCUT2D eigenvalue weighted by Gasteiger charge is -2.26. The van der Waals surface area contributed by atoms with Gasteiger partial charge in [-0.05, 0) is 33.6 Å². The molecule has 0 spiro atoms. The highest BCUT2D eigenvalue weighted by molar-refractivity contribution is 5.85. The van der Waals surface area contributed by atoms with E-state index < -0.39 is 0 Å². The van der Waals surface area contributed by atoms with Gasteiger partial charge in [0.2, 0.25) is 5.91 Å². The maximum Gasteiger partial charge on any atom is 0.224 e. The van der Waals surface area contributed by atoms with Crippen LogP contribution in [0, 0.1) is 13.8 Å². The maximum absolute atomic E-state index is 12.3. The summed E-state index contributed by atoms with van der Waals surface area (Å²) in [7, 11) is 1.95. The van der Waals surface area contributed by atoms with Gasteiger partial charge >= 0.3 is 0 Å². The van der Waals surface area contributed by atoms with E-state index in [2.05, 4.69) is 12.0 Å². The molecule has 0 aromatic carbocycles. The fourth-order valence-corrected chi connectivity index (χ4v) is 3.03. The van der Waals surface area contributed by atoms with Crippen molar-refractivity contribution in [3.63, 3.8) is 0 Å². The molecule has 2 rings (SSSR count). The van der Waals surface area contributed by atoms with Gasteiger partial charge in [-0.2, -0.15) is 5.10 Å². The van der Waals surface area contributed by atoms with Gasteiger partial charge in [-0.3, -0.25) is 9.48 Å². The highest BCUT2D eigenvalue weighted by Crippen LogP contribution is 2.35. The summed E-state index contributed by atoms with van der Waals surface area (Å²) in [5, 5.41) is 4.46. The first kappa shape index (κ1) is 20.2. The predicted molar refractivity (Wildman–Crippen MR) is 89.1 cm³/mol. The van der Waals surface area contributed by atoms with Crippen LogP contribution >= 0.6 is 24.8 Å². The molecule has 2 unspecified atom stereocenters. The lowest BCUT2D eigenvalue weighted by Crippen LogP contribution is -2.34. The Balaban J connectivity index is 0.00000200. The number of likely N-dealkylation sites (tertiary alicyclic amines) is 1. The van der Waals surface area contributed by atoms with E-state index in [0.29, 0.717) is 6.42 Å². The second kappa shape index (κ2) is 8.01. The van der Waals surface area contributed by atoms with Crippen LogP contribution in [0.2, 0.25) is 0 Å². The quantitative estimate of drug-likeness (QED) is 0.920. The Labute approximate surface area is 139 Å². The van der Waals surface area contributed by atoms with Gasteiger partial charge in [-0.15, -0.1) is 24.8 Å². The molecule has 1 amide bonds. The Hall–Kier alpha value is -0.780. The first-order valence-electron chi connectivity index (χ1n) is 6.97. The van der Waals surface area contributed by atoms with Crippen LogP contribution in [-0.4, -0.2) is 33.2 Å². The van der Waals surface area contributed by atoms with Gasteiger partial charge in [-0.25, -0.2) is 0 Å². The number of carbonyl (C=O) groups is 1. The van der Waals surface area contributed by atoms with E-state index >= 15 is 0 Å². The molecular formula is C14H26Cl2N4O. The highest BCUT2D eigenvalue weighted by atomic mass is 35.5. The van der Waals surface area contributed by atoms with Gasteiger partial charge in [-0.1, -0.05) is 0 Å². The number of aromatic nitrogens is 2. The number of carbonyl (C=O) groups excluding carboxylic acids is 1. The van der Waals surface area contributed by atoms with Crippen LogP contribution < -0.4 is 5.73 Å². The number of hydrogen-bond donors (Lipinski definition) is 1. The SMILES string of the molecule is Cc1nn(C)c(C)c1C1CCCN1C(=O)CC(C)N.Cl.Cl. The van der Waals surface area contributed by atoms with E-state index in [1.807, 2.05) is 30.5 Å². The minimum absolute atomic E-state index is 0. The summed E-state index contributed by atoms with van der Waals surface area (Å²) >= 11 is 0. The fraction of sp³-hybridized carbons (Fsp3) is 0.714. The monoisotopic (exact) mass is 336 g/mol. The van der Waals surface area contributed by atoms with Gasteiger partial charge in [0.05, 0.1) is 11.7 Å². The molecule has 0 saturated carbocycles. The van der Waals surface area contributed by atoms with Gasteiger partial charge in [0, 0.05) is 37.3 Å². The van der Waals surface area contributed by atoms with Crippen molar-refractivity contribution in [1.82, 2.24) is 14.7 Å². The van der Waals surface area contributed by atoms with Gasteiger partial charge < -0.3 is 10.6 Å². The van der Waals surface area contributed by atoms with Crippen LogP contribution in [0.25, 0.3) is 0 Å². The van der Waals surface area contributed by atoms with Crippen molar-refractivity contribution < 1.29 is 4.79 Å². The summed E-state index contributed by atoms with van der Waals surface area (Å²) in [5.74, 6) is 0.167. The highest BCUT2D eigenvalue weighted by Gasteiger charge is 2.33. The summed E-state index contributed by atoms with van der Waals surface area (Å²) in [6, 6.07) is 0.102. The summed E-state index contributed by atoms with van der Waals surface area (Å²) < 4.78 is 1.90. The maximum atomic E-state index is 12.3. The van der Waals surface area contributed by atoms with Crippen LogP contribution in [-0.2, 0) is 11.8 Å². The Morgan fingerprint density at radius 1 is 1.43 bits per heavy atom. The topological polar surface area (TPSA) is 64.2 Å². The van der Waals surface area contributed by atoms with Crippen molar-refractivity contribution >= 4 is 30.7 Å². The number of rotatable bonds is 3. The Bertz CT molecular complexity index is 488. The Kier molecular flexibility index (Phi) is 7.71. The zero-order chi connectivity index (χ0) is 14.2. The summed E-state index contributed by atoms with van der Waals surface area (Å²) in [5.41, 5.74) is 9.15. The third-order valence-electron chi connectivity index (χ3n) is 3.97. The molecule has 122 valence electrons. The molecule has 7 heteroatoms. The number of halogens is 2. The molecule has 21 heavy (non-hydrogen) atoms. The molecule has 0 aliphatic carbocycles. The van der Waals surface area contributed by atoms with Crippen LogP contribution in [0.3, 0.4) is 0 Å². The molecule has 2 N–H and O–H groups in total. The third kappa shape index (κ3) is 4.11. The second-order valence-electron chi connectivity index (χ2n) is 5.63. The standard InChI is InChI=1S/C14H24N4O.2ClH/c1-9(15)8-13(19)18-7-5-6-12(18)14-10(2)16-17(4)11(14)3;;/h9,12H,5-8,15H2,1-4H3;2*1H.